The quantitative estimate of drug-likeness (QED) is 0.735. The van der Waals surface area contributed by atoms with Gasteiger partial charge in [0.15, 0.2) is 6.29 Å². The number of carbonyl (C=O) groups is 1. The van der Waals surface area contributed by atoms with Crippen LogP contribution in [0, 0.1) is 0 Å². The topological polar surface area (TPSA) is 66.2 Å². The normalized spacial score (nSPS) is 10.4. The maximum atomic E-state index is 11.2. The molecule has 2 rings (SSSR count). The van der Waals surface area contributed by atoms with Gasteiger partial charge < -0.3 is 9.47 Å². The fourth-order valence-electron chi connectivity index (χ4n) is 1.79. The number of hydrogen-bond donors (Lipinski definition) is 0. The molecule has 6 heteroatoms. The summed E-state index contributed by atoms with van der Waals surface area (Å²) in [5.41, 5.74) is 2.03. The van der Waals surface area contributed by atoms with Crippen LogP contribution in [-0.4, -0.2) is 41.9 Å². The van der Waals surface area contributed by atoms with Crippen molar-refractivity contribution in [2.24, 2.45) is 0 Å². The molecular weight excluding hydrogens is 246 g/mol. The van der Waals surface area contributed by atoms with E-state index >= 15 is 0 Å². The van der Waals surface area contributed by atoms with Crippen molar-refractivity contribution < 1.29 is 14.3 Å². The average molecular weight is 261 g/mol. The maximum absolute atomic E-state index is 11.2. The van der Waals surface area contributed by atoms with E-state index in [1.807, 2.05) is 6.20 Å². The van der Waals surface area contributed by atoms with E-state index in [1.54, 1.807) is 30.3 Å². The zero-order valence-corrected chi connectivity index (χ0v) is 10.9. The molecule has 0 saturated heterocycles. The minimum absolute atomic E-state index is 0.317. The van der Waals surface area contributed by atoms with Crippen LogP contribution in [0.2, 0.25) is 0 Å². The predicted molar refractivity (Wildman–Crippen MR) is 69.3 cm³/mol. The molecule has 0 aliphatic rings. The lowest BCUT2D eigenvalue weighted by molar-refractivity contribution is 0.112. The van der Waals surface area contributed by atoms with Gasteiger partial charge in [0.05, 0.1) is 32.0 Å². The SMILES string of the molecule is COCCn1cc(-c2ccnc(OC)c2C=O)cn1. The van der Waals surface area contributed by atoms with Crippen molar-refractivity contribution in [3.63, 3.8) is 0 Å². The number of methoxy groups -OCH3 is 2. The number of hydrogen-bond acceptors (Lipinski definition) is 5. The van der Waals surface area contributed by atoms with Gasteiger partial charge in [-0.1, -0.05) is 0 Å². The molecule has 0 bridgehead atoms. The van der Waals surface area contributed by atoms with Crippen LogP contribution < -0.4 is 4.74 Å². The summed E-state index contributed by atoms with van der Waals surface area (Å²) in [5.74, 6) is 0.317. The molecule has 2 heterocycles. The highest BCUT2D eigenvalue weighted by Crippen LogP contribution is 2.26. The third kappa shape index (κ3) is 2.79. The number of aldehydes is 1. The molecule has 0 aliphatic carbocycles. The first-order valence-corrected chi connectivity index (χ1v) is 5.80. The summed E-state index contributed by atoms with van der Waals surface area (Å²) in [5, 5.41) is 4.22. The molecule has 2 aromatic heterocycles. The molecule has 0 radical (unpaired) electrons. The molecule has 0 saturated carbocycles. The van der Waals surface area contributed by atoms with Crippen LogP contribution in [0.25, 0.3) is 11.1 Å². The molecule has 0 aliphatic heterocycles. The fourth-order valence-corrected chi connectivity index (χ4v) is 1.79. The number of nitrogens with zero attached hydrogens (tertiary/aromatic N) is 3. The first-order chi connectivity index (χ1) is 9.30. The molecule has 0 aromatic carbocycles. The Morgan fingerprint density at radius 1 is 1.42 bits per heavy atom. The highest BCUT2D eigenvalue weighted by molar-refractivity contribution is 5.89. The van der Waals surface area contributed by atoms with Crippen molar-refractivity contribution >= 4 is 6.29 Å². The maximum Gasteiger partial charge on any atom is 0.224 e. The van der Waals surface area contributed by atoms with Crippen LogP contribution in [-0.2, 0) is 11.3 Å². The molecule has 100 valence electrons. The number of ether oxygens (including phenoxy) is 2. The van der Waals surface area contributed by atoms with Gasteiger partial charge in [-0.3, -0.25) is 9.48 Å². The van der Waals surface area contributed by atoms with Gasteiger partial charge in [0, 0.05) is 30.6 Å². The van der Waals surface area contributed by atoms with Crippen LogP contribution >= 0.6 is 0 Å². The van der Waals surface area contributed by atoms with Gasteiger partial charge in [-0.05, 0) is 6.07 Å². The van der Waals surface area contributed by atoms with E-state index in [-0.39, 0.29) is 0 Å². The van der Waals surface area contributed by atoms with Crippen LogP contribution in [0.3, 0.4) is 0 Å². The second-order valence-electron chi connectivity index (χ2n) is 3.88. The molecular formula is C13H15N3O3. The van der Waals surface area contributed by atoms with Gasteiger partial charge in [0.2, 0.25) is 5.88 Å². The van der Waals surface area contributed by atoms with E-state index in [0.29, 0.717) is 24.6 Å². The summed E-state index contributed by atoms with van der Waals surface area (Å²) < 4.78 is 11.8. The van der Waals surface area contributed by atoms with Crippen molar-refractivity contribution in [2.75, 3.05) is 20.8 Å². The molecule has 0 unspecified atom stereocenters. The van der Waals surface area contributed by atoms with Crippen molar-refractivity contribution in [2.45, 2.75) is 6.54 Å². The molecule has 0 amide bonds. The van der Waals surface area contributed by atoms with Crippen molar-refractivity contribution in [3.05, 3.63) is 30.2 Å². The minimum Gasteiger partial charge on any atom is -0.480 e. The molecule has 0 atom stereocenters. The highest BCUT2D eigenvalue weighted by atomic mass is 16.5. The van der Waals surface area contributed by atoms with E-state index in [9.17, 15) is 4.79 Å². The number of aromatic nitrogens is 3. The Bertz CT molecular complexity index is 566. The minimum atomic E-state index is 0.317. The van der Waals surface area contributed by atoms with E-state index in [4.69, 9.17) is 9.47 Å². The van der Waals surface area contributed by atoms with Crippen molar-refractivity contribution in [1.82, 2.24) is 14.8 Å². The number of pyridine rings is 1. The van der Waals surface area contributed by atoms with E-state index in [1.165, 1.54) is 7.11 Å². The van der Waals surface area contributed by atoms with Crippen molar-refractivity contribution in [1.29, 1.82) is 0 Å². The van der Waals surface area contributed by atoms with E-state index < -0.39 is 0 Å². The zero-order chi connectivity index (χ0) is 13.7. The smallest absolute Gasteiger partial charge is 0.224 e. The summed E-state index contributed by atoms with van der Waals surface area (Å²) in [7, 11) is 3.13. The monoisotopic (exact) mass is 261 g/mol. The molecule has 6 nitrogen and oxygen atoms in total. The number of carbonyl (C=O) groups excluding carboxylic acids is 1. The highest BCUT2D eigenvalue weighted by Gasteiger charge is 2.12. The van der Waals surface area contributed by atoms with Crippen LogP contribution in [0.4, 0.5) is 0 Å². The van der Waals surface area contributed by atoms with E-state index in [2.05, 4.69) is 10.1 Å². The third-order valence-corrected chi connectivity index (χ3v) is 2.73. The standard InChI is InChI=1S/C13H15N3O3/c1-18-6-5-16-8-10(7-15-16)11-3-4-14-13(19-2)12(11)9-17/h3-4,7-9H,5-6H2,1-2H3. The summed E-state index contributed by atoms with van der Waals surface area (Å²) in [6.07, 6.45) is 5.92. The second-order valence-corrected chi connectivity index (χ2v) is 3.88. The predicted octanol–water partition coefficient (Wildman–Crippen LogP) is 1.41. The Hall–Kier alpha value is -2.21. The lowest BCUT2D eigenvalue weighted by Crippen LogP contribution is -2.03. The Labute approximate surface area is 111 Å². The van der Waals surface area contributed by atoms with Gasteiger partial charge >= 0.3 is 0 Å². The summed E-state index contributed by atoms with van der Waals surface area (Å²) in [6.45, 7) is 1.25. The van der Waals surface area contributed by atoms with Gasteiger partial charge in [-0.15, -0.1) is 0 Å². The molecule has 0 spiro atoms. The van der Waals surface area contributed by atoms with E-state index in [0.717, 1.165) is 17.4 Å². The Morgan fingerprint density at radius 3 is 2.95 bits per heavy atom. The average Bonchev–Trinajstić information content (AvgIpc) is 2.92. The molecule has 19 heavy (non-hydrogen) atoms. The van der Waals surface area contributed by atoms with Gasteiger partial charge in [0.1, 0.15) is 0 Å². The van der Waals surface area contributed by atoms with Crippen molar-refractivity contribution in [3.8, 4) is 17.0 Å². The lowest BCUT2D eigenvalue weighted by atomic mass is 10.1. The summed E-state index contributed by atoms with van der Waals surface area (Å²) in [4.78, 5) is 15.2. The van der Waals surface area contributed by atoms with Gasteiger partial charge in [-0.25, -0.2) is 4.98 Å². The molecule has 0 N–H and O–H groups in total. The Balaban J connectivity index is 2.35. The van der Waals surface area contributed by atoms with Crippen LogP contribution in [0.15, 0.2) is 24.7 Å². The lowest BCUT2D eigenvalue weighted by Gasteiger charge is -2.06. The van der Waals surface area contributed by atoms with Gasteiger partial charge in [-0.2, -0.15) is 5.10 Å². The van der Waals surface area contributed by atoms with Crippen LogP contribution in [0.5, 0.6) is 5.88 Å². The summed E-state index contributed by atoms with van der Waals surface area (Å²) >= 11 is 0. The Kier molecular flexibility index (Phi) is 4.25. The van der Waals surface area contributed by atoms with Gasteiger partial charge in [0.25, 0.3) is 0 Å². The summed E-state index contributed by atoms with van der Waals surface area (Å²) in [6, 6.07) is 1.77. The first-order valence-electron chi connectivity index (χ1n) is 5.80. The third-order valence-electron chi connectivity index (χ3n) is 2.73. The Morgan fingerprint density at radius 2 is 2.26 bits per heavy atom. The number of rotatable bonds is 6. The first kappa shape index (κ1) is 13.2. The second kappa shape index (κ2) is 6.10. The molecule has 2 aromatic rings. The fraction of sp³-hybridized carbons (Fsp3) is 0.308. The molecule has 0 fully saturated rings. The largest absolute Gasteiger partial charge is 0.480 e. The zero-order valence-electron chi connectivity index (χ0n) is 10.9. The van der Waals surface area contributed by atoms with Crippen LogP contribution in [0.1, 0.15) is 10.4 Å².